The molecule has 0 bridgehead atoms. The first kappa shape index (κ1) is 16.0. The van der Waals surface area contributed by atoms with E-state index in [1.807, 2.05) is 25.1 Å². The Morgan fingerprint density at radius 1 is 1.00 bits per heavy atom. The van der Waals surface area contributed by atoms with Crippen LogP contribution in [0.25, 0.3) is 0 Å². The van der Waals surface area contributed by atoms with E-state index in [1.54, 1.807) is 7.05 Å². The van der Waals surface area contributed by atoms with E-state index in [0.717, 1.165) is 30.3 Å². The number of aromatic nitrogens is 1. The van der Waals surface area contributed by atoms with Crippen LogP contribution in [0.15, 0.2) is 47.5 Å². The van der Waals surface area contributed by atoms with Crippen molar-refractivity contribution in [1.82, 2.24) is 15.6 Å². The molecular weight excluding hydrogens is 272 g/mol. The van der Waals surface area contributed by atoms with Crippen molar-refractivity contribution in [1.29, 1.82) is 0 Å². The Morgan fingerprint density at radius 2 is 1.73 bits per heavy atom. The van der Waals surface area contributed by atoms with Crippen molar-refractivity contribution in [2.45, 2.75) is 33.4 Å². The maximum absolute atomic E-state index is 4.48. The zero-order chi connectivity index (χ0) is 15.8. The molecule has 0 saturated heterocycles. The van der Waals surface area contributed by atoms with E-state index in [2.05, 4.69) is 51.8 Å². The van der Waals surface area contributed by atoms with Crippen molar-refractivity contribution in [3.63, 3.8) is 0 Å². The molecule has 0 radical (unpaired) electrons. The molecule has 0 aliphatic heterocycles. The van der Waals surface area contributed by atoms with Gasteiger partial charge in [-0.1, -0.05) is 37.3 Å². The average Bonchev–Trinajstić information content (AvgIpc) is 2.55. The van der Waals surface area contributed by atoms with E-state index >= 15 is 0 Å². The summed E-state index contributed by atoms with van der Waals surface area (Å²) in [5.74, 6) is 0.786. The van der Waals surface area contributed by atoms with Gasteiger partial charge in [-0.3, -0.25) is 9.98 Å². The van der Waals surface area contributed by atoms with Crippen molar-refractivity contribution >= 4 is 5.96 Å². The third kappa shape index (κ3) is 4.58. The molecule has 4 heteroatoms. The summed E-state index contributed by atoms with van der Waals surface area (Å²) in [6, 6.07) is 14.5. The standard InChI is InChI=1S/C18H24N4/c1-4-15-9-5-6-10-16(15)12-20-18(19-3)21-13-17-11-7-8-14(2)22-17/h5-11H,4,12-13H2,1-3H3,(H2,19,20,21). The van der Waals surface area contributed by atoms with Gasteiger partial charge >= 0.3 is 0 Å². The second kappa shape index (κ2) is 8.17. The minimum atomic E-state index is 0.663. The minimum absolute atomic E-state index is 0.663. The SMILES string of the molecule is CCc1ccccc1CNC(=NC)NCc1cccc(C)n1. The van der Waals surface area contributed by atoms with Crippen molar-refractivity contribution in [3.05, 3.63) is 65.0 Å². The van der Waals surface area contributed by atoms with E-state index in [-0.39, 0.29) is 0 Å². The van der Waals surface area contributed by atoms with Crippen LogP contribution in [0.2, 0.25) is 0 Å². The number of aliphatic imine (C=N–C) groups is 1. The number of pyridine rings is 1. The van der Waals surface area contributed by atoms with Crippen LogP contribution in [0.4, 0.5) is 0 Å². The van der Waals surface area contributed by atoms with E-state index < -0.39 is 0 Å². The molecule has 0 atom stereocenters. The Labute approximate surface area is 132 Å². The largest absolute Gasteiger partial charge is 0.352 e. The summed E-state index contributed by atoms with van der Waals surface area (Å²) in [5, 5.41) is 6.65. The summed E-state index contributed by atoms with van der Waals surface area (Å²) in [6.45, 7) is 5.61. The highest BCUT2D eigenvalue weighted by molar-refractivity contribution is 5.79. The summed E-state index contributed by atoms with van der Waals surface area (Å²) in [5.41, 5.74) is 4.71. The summed E-state index contributed by atoms with van der Waals surface area (Å²) in [7, 11) is 1.78. The molecule has 0 fully saturated rings. The molecular formula is C18H24N4. The lowest BCUT2D eigenvalue weighted by Crippen LogP contribution is -2.36. The average molecular weight is 296 g/mol. The summed E-state index contributed by atoms with van der Waals surface area (Å²) in [4.78, 5) is 8.74. The highest BCUT2D eigenvalue weighted by Crippen LogP contribution is 2.08. The zero-order valence-electron chi connectivity index (χ0n) is 13.6. The van der Waals surface area contributed by atoms with Gasteiger partial charge < -0.3 is 10.6 Å². The Kier molecular flexibility index (Phi) is 5.95. The van der Waals surface area contributed by atoms with Gasteiger partial charge in [0.2, 0.25) is 0 Å². The smallest absolute Gasteiger partial charge is 0.191 e. The number of nitrogens with one attached hydrogen (secondary N) is 2. The van der Waals surface area contributed by atoms with Gasteiger partial charge in [0.15, 0.2) is 5.96 Å². The molecule has 2 N–H and O–H groups in total. The number of rotatable bonds is 5. The van der Waals surface area contributed by atoms with Crippen LogP contribution < -0.4 is 10.6 Å². The van der Waals surface area contributed by atoms with Crippen molar-refractivity contribution in [2.24, 2.45) is 4.99 Å². The van der Waals surface area contributed by atoms with E-state index in [1.165, 1.54) is 11.1 Å². The van der Waals surface area contributed by atoms with Gasteiger partial charge in [-0.05, 0) is 36.6 Å². The first-order valence-corrected chi connectivity index (χ1v) is 7.66. The molecule has 4 nitrogen and oxygen atoms in total. The summed E-state index contributed by atoms with van der Waals surface area (Å²) < 4.78 is 0. The number of hydrogen-bond acceptors (Lipinski definition) is 2. The van der Waals surface area contributed by atoms with Gasteiger partial charge in [-0.2, -0.15) is 0 Å². The molecule has 22 heavy (non-hydrogen) atoms. The fourth-order valence-corrected chi connectivity index (χ4v) is 2.35. The first-order valence-electron chi connectivity index (χ1n) is 7.66. The monoisotopic (exact) mass is 296 g/mol. The van der Waals surface area contributed by atoms with E-state index in [0.29, 0.717) is 6.54 Å². The molecule has 1 aromatic heterocycles. The highest BCUT2D eigenvalue weighted by atomic mass is 15.2. The lowest BCUT2D eigenvalue weighted by Gasteiger charge is -2.13. The molecule has 1 aromatic carbocycles. The Hall–Kier alpha value is -2.36. The van der Waals surface area contributed by atoms with Crippen LogP contribution in [0, 0.1) is 6.92 Å². The quantitative estimate of drug-likeness (QED) is 0.659. The fraction of sp³-hybridized carbons (Fsp3) is 0.333. The lowest BCUT2D eigenvalue weighted by molar-refractivity contribution is 0.787. The third-order valence-electron chi connectivity index (χ3n) is 3.55. The predicted octanol–water partition coefficient (Wildman–Crippen LogP) is 2.82. The van der Waals surface area contributed by atoms with Gasteiger partial charge in [0.05, 0.1) is 12.2 Å². The van der Waals surface area contributed by atoms with E-state index in [4.69, 9.17) is 0 Å². The van der Waals surface area contributed by atoms with Gasteiger partial charge in [0, 0.05) is 19.3 Å². The maximum Gasteiger partial charge on any atom is 0.191 e. The summed E-state index contributed by atoms with van der Waals surface area (Å²) in [6.07, 6.45) is 1.04. The molecule has 116 valence electrons. The Balaban J connectivity index is 1.90. The minimum Gasteiger partial charge on any atom is -0.352 e. The molecule has 0 saturated carbocycles. The number of nitrogens with zero attached hydrogens (tertiary/aromatic N) is 2. The molecule has 0 amide bonds. The second-order valence-corrected chi connectivity index (χ2v) is 5.17. The topological polar surface area (TPSA) is 49.3 Å². The lowest BCUT2D eigenvalue weighted by atomic mass is 10.1. The summed E-state index contributed by atoms with van der Waals surface area (Å²) >= 11 is 0. The van der Waals surface area contributed by atoms with Crippen molar-refractivity contribution < 1.29 is 0 Å². The van der Waals surface area contributed by atoms with Crippen LogP contribution in [0.3, 0.4) is 0 Å². The molecule has 0 spiro atoms. The molecule has 1 heterocycles. The van der Waals surface area contributed by atoms with Gasteiger partial charge in [0.1, 0.15) is 0 Å². The van der Waals surface area contributed by atoms with Crippen LogP contribution in [-0.2, 0) is 19.5 Å². The van der Waals surface area contributed by atoms with Gasteiger partial charge in [-0.25, -0.2) is 0 Å². The Bertz CT molecular complexity index is 634. The third-order valence-corrected chi connectivity index (χ3v) is 3.55. The zero-order valence-corrected chi connectivity index (χ0v) is 13.6. The molecule has 0 unspecified atom stereocenters. The molecule has 0 aliphatic carbocycles. The molecule has 2 aromatic rings. The van der Waals surface area contributed by atoms with Crippen LogP contribution in [0.5, 0.6) is 0 Å². The normalized spacial score (nSPS) is 11.3. The van der Waals surface area contributed by atoms with Crippen LogP contribution in [-0.4, -0.2) is 18.0 Å². The molecule has 0 aliphatic rings. The Morgan fingerprint density at radius 3 is 2.41 bits per heavy atom. The highest BCUT2D eigenvalue weighted by Gasteiger charge is 2.02. The van der Waals surface area contributed by atoms with Crippen LogP contribution in [0.1, 0.15) is 29.4 Å². The molecule has 2 rings (SSSR count). The number of benzene rings is 1. The van der Waals surface area contributed by atoms with Crippen molar-refractivity contribution in [2.75, 3.05) is 7.05 Å². The van der Waals surface area contributed by atoms with Gasteiger partial charge in [-0.15, -0.1) is 0 Å². The number of guanidine groups is 1. The van der Waals surface area contributed by atoms with Gasteiger partial charge in [0.25, 0.3) is 0 Å². The van der Waals surface area contributed by atoms with Crippen molar-refractivity contribution in [3.8, 4) is 0 Å². The fourth-order valence-electron chi connectivity index (χ4n) is 2.35. The van der Waals surface area contributed by atoms with Crippen LogP contribution >= 0.6 is 0 Å². The predicted molar refractivity (Wildman–Crippen MR) is 91.8 cm³/mol. The maximum atomic E-state index is 4.48. The number of hydrogen-bond donors (Lipinski definition) is 2. The first-order chi connectivity index (χ1) is 10.7. The number of aryl methyl sites for hydroxylation is 2. The van der Waals surface area contributed by atoms with E-state index in [9.17, 15) is 0 Å². The second-order valence-electron chi connectivity index (χ2n) is 5.17.